The standard InChI is InChI=1S/C17H20ClNOS/c1-12-8-13(2)10-15(9-12)20-6-3-7-21-17-11-14(19)4-5-16(17)18/h4-5,8-11H,3,6-7,19H2,1-2H3. The molecule has 2 aromatic carbocycles. The van der Waals surface area contributed by atoms with Crippen molar-refractivity contribution in [3.63, 3.8) is 0 Å². The lowest BCUT2D eigenvalue weighted by Crippen LogP contribution is -1.99. The van der Waals surface area contributed by atoms with Gasteiger partial charge in [-0.3, -0.25) is 0 Å². The minimum absolute atomic E-state index is 0.704. The molecule has 0 unspecified atom stereocenters. The molecular formula is C17H20ClNOS. The number of rotatable bonds is 6. The molecular weight excluding hydrogens is 302 g/mol. The van der Waals surface area contributed by atoms with E-state index in [2.05, 4.69) is 32.0 Å². The van der Waals surface area contributed by atoms with Gasteiger partial charge in [-0.15, -0.1) is 11.8 Å². The molecule has 112 valence electrons. The largest absolute Gasteiger partial charge is 0.494 e. The van der Waals surface area contributed by atoms with E-state index in [-0.39, 0.29) is 0 Å². The van der Waals surface area contributed by atoms with Crippen molar-refractivity contribution in [2.24, 2.45) is 0 Å². The van der Waals surface area contributed by atoms with Crippen molar-refractivity contribution >= 4 is 29.1 Å². The van der Waals surface area contributed by atoms with Gasteiger partial charge >= 0.3 is 0 Å². The zero-order chi connectivity index (χ0) is 15.2. The highest BCUT2D eigenvalue weighted by Gasteiger charge is 2.02. The summed E-state index contributed by atoms with van der Waals surface area (Å²) >= 11 is 7.84. The Labute approximate surface area is 135 Å². The highest BCUT2D eigenvalue weighted by Crippen LogP contribution is 2.29. The summed E-state index contributed by atoms with van der Waals surface area (Å²) in [7, 11) is 0. The van der Waals surface area contributed by atoms with Crippen LogP contribution in [0.4, 0.5) is 5.69 Å². The molecule has 0 saturated heterocycles. The molecule has 0 aliphatic heterocycles. The van der Waals surface area contributed by atoms with E-state index in [1.807, 2.05) is 18.2 Å². The van der Waals surface area contributed by atoms with Crippen LogP contribution in [0.5, 0.6) is 5.75 Å². The Morgan fingerprint density at radius 3 is 2.52 bits per heavy atom. The van der Waals surface area contributed by atoms with Crippen LogP contribution >= 0.6 is 23.4 Å². The molecule has 0 aliphatic carbocycles. The maximum absolute atomic E-state index is 6.13. The number of benzene rings is 2. The van der Waals surface area contributed by atoms with Crippen molar-refractivity contribution in [2.45, 2.75) is 25.2 Å². The summed E-state index contributed by atoms with van der Waals surface area (Å²) in [5.41, 5.74) is 8.96. The number of hydrogen-bond donors (Lipinski definition) is 1. The average molecular weight is 322 g/mol. The summed E-state index contributed by atoms with van der Waals surface area (Å²) in [4.78, 5) is 1.03. The van der Waals surface area contributed by atoms with E-state index in [0.717, 1.165) is 33.5 Å². The molecule has 2 rings (SSSR count). The van der Waals surface area contributed by atoms with Gasteiger partial charge in [0.15, 0.2) is 0 Å². The molecule has 0 saturated carbocycles. The molecule has 4 heteroatoms. The Morgan fingerprint density at radius 2 is 1.81 bits per heavy atom. The highest BCUT2D eigenvalue weighted by atomic mass is 35.5. The molecule has 2 N–H and O–H groups in total. The van der Waals surface area contributed by atoms with Crippen LogP contribution in [0, 0.1) is 13.8 Å². The summed E-state index contributed by atoms with van der Waals surface area (Å²) in [5.74, 6) is 1.90. The van der Waals surface area contributed by atoms with E-state index in [1.54, 1.807) is 11.8 Å². The van der Waals surface area contributed by atoms with Gasteiger partial charge in [-0.05, 0) is 61.7 Å². The summed E-state index contributed by atoms with van der Waals surface area (Å²) in [6.45, 7) is 4.87. The molecule has 0 fully saturated rings. The Balaban J connectivity index is 1.76. The van der Waals surface area contributed by atoms with Crippen LogP contribution < -0.4 is 10.5 Å². The van der Waals surface area contributed by atoms with Crippen LogP contribution in [0.3, 0.4) is 0 Å². The van der Waals surface area contributed by atoms with Crippen molar-refractivity contribution in [3.05, 3.63) is 52.5 Å². The Kier molecular flexibility index (Phi) is 5.83. The second-order valence-corrected chi connectivity index (χ2v) is 6.61. The zero-order valence-corrected chi connectivity index (χ0v) is 13.9. The first-order valence-corrected chi connectivity index (χ1v) is 8.30. The number of aryl methyl sites for hydroxylation is 2. The number of anilines is 1. The third-order valence-corrected chi connectivity index (χ3v) is 4.55. The molecule has 21 heavy (non-hydrogen) atoms. The molecule has 0 atom stereocenters. The van der Waals surface area contributed by atoms with Gasteiger partial charge in [-0.25, -0.2) is 0 Å². The minimum atomic E-state index is 0.704. The average Bonchev–Trinajstić information content (AvgIpc) is 2.41. The lowest BCUT2D eigenvalue weighted by molar-refractivity contribution is 0.318. The first-order chi connectivity index (χ1) is 10.0. The van der Waals surface area contributed by atoms with Crippen molar-refractivity contribution in [1.29, 1.82) is 0 Å². The van der Waals surface area contributed by atoms with Crippen molar-refractivity contribution < 1.29 is 4.74 Å². The first kappa shape index (κ1) is 16.1. The van der Waals surface area contributed by atoms with E-state index in [0.29, 0.717) is 6.61 Å². The second kappa shape index (κ2) is 7.62. The number of ether oxygens (including phenoxy) is 1. The van der Waals surface area contributed by atoms with Gasteiger partial charge in [0.25, 0.3) is 0 Å². The summed E-state index contributed by atoms with van der Waals surface area (Å²) in [6.07, 6.45) is 0.961. The van der Waals surface area contributed by atoms with E-state index in [4.69, 9.17) is 22.1 Å². The van der Waals surface area contributed by atoms with Crippen LogP contribution in [-0.2, 0) is 0 Å². The van der Waals surface area contributed by atoms with Crippen molar-refractivity contribution in [1.82, 2.24) is 0 Å². The summed E-state index contributed by atoms with van der Waals surface area (Å²) in [6, 6.07) is 11.8. The molecule has 0 bridgehead atoms. The van der Waals surface area contributed by atoms with Gasteiger partial charge in [0, 0.05) is 16.3 Å². The summed E-state index contributed by atoms with van der Waals surface area (Å²) < 4.78 is 5.79. The van der Waals surface area contributed by atoms with Gasteiger partial charge in [-0.2, -0.15) is 0 Å². The lowest BCUT2D eigenvalue weighted by Gasteiger charge is -2.09. The predicted molar refractivity (Wildman–Crippen MR) is 92.6 cm³/mol. The van der Waals surface area contributed by atoms with Crippen LogP contribution in [-0.4, -0.2) is 12.4 Å². The Morgan fingerprint density at radius 1 is 1.10 bits per heavy atom. The topological polar surface area (TPSA) is 35.2 Å². The third-order valence-electron chi connectivity index (χ3n) is 2.97. The fourth-order valence-electron chi connectivity index (χ4n) is 2.08. The summed E-state index contributed by atoms with van der Waals surface area (Å²) in [5, 5.41) is 0.754. The second-order valence-electron chi connectivity index (χ2n) is 5.06. The van der Waals surface area contributed by atoms with Crippen molar-refractivity contribution in [2.75, 3.05) is 18.1 Å². The Hall–Kier alpha value is -1.32. The number of nitrogen functional groups attached to an aromatic ring is 1. The monoisotopic (exact) mass is 321 g/mol. The molecule has 0 amide bonds. The van der Waals surface area contributed by atoms with Gasteiger partial charge < -0.3 is 10.5 Å². The maximum atomic E-state index is 6.13. The van der Waals surface area contributed by atoms with E-state index < -0.39 is 0 Å². The van der Waals surface area contributed by atoms with Gasteiger partial charge in [0.05, 0.1) is 11.6 Å². The maximum Gasteiger partial charge on any atom is 0.119 e. The molecule has 2 nitrogen and oxygen atoms in total. The Bertz CT molecular complexity index is 595. The molecule has 0 aliphatic rings. The smallest absolute Gasteiger partial charge is 0.119 e. The van der Waals surface area contributed by atoms with Crippen LogP contribution in [0.25, 0.3) is 0 Å². The molecule has 0 radical (unpaired) electrons. The first-order valence-electron chi connectivity index (χ1n) is 6.93. The number of hydrogen-bond acceptors (Lipinski definition) is 3. The lowest BCUT2D eigenvalue weighted by atomic mass is 10.1. The molecule has 0 aromatic heterocycles. The fourth-order valence-corrected chi connectivity index (χ4v) is 3.27. The highest BCUT2D eigenvalue weighted by molar-refractivity contribution is 7.99. The van der Waals surface area contributed by atoms with E-state index in [9.17, 15) is 0 Å². The van der Waals surface area contributed by atoms with E-state index >= 15 is 0 Å². The van der Waals surface area contributed by atoms with Gasteiger partial charge in [0.1, 0.15) is 5.75 Å². The number of thioether (sulfide) groups is 1. The van der Waals surface area contributed by atoms with Crippen LogP contribution in [0.15, 0.2) is 41.3 Å². The molecule has 2 aromatic rings. The molecule has 0 heterocycles. The van der Waals surface area contributed by atoms with Crippen molar-refractivity contribution in [3.8, 4) is 5.75 Å². The van der Waals surface area contributed by atoms with Gasteiger partial charge in [0.2, 0.25) is 0 Å². The third kappa shape index (κ3) is 5.18. The van der Waals surface area contributed by atoms with Crippen LogP contribution in [0.2, 0.25) is 5.02 Å². The predicted octanol–water partition coefficient (Wildman–Crippen LogP) is 5.10. The SMILES string of the molecule is Cc1cc(C)cc(OCCCSc2cc(N)ccc2Cl)c1. The minimum Gasteiger partial charge on any atom is -0.494 e. The van der Waals surface area contributed by atoms with Gasteiger partial charge in [-0.1, -0.05) is 17.7 Å². The van der Waals surface area contributed by atoms with E-state index in [1.165, 1.54) is 11.1 Å². The van der Waals surface area contributed by atoms with Crippen LogP contribution in [0.1, 0.15) is 17.5 Å². The normalized spacial score (nSPS) is 10.6. The molecule has 0 spiro atoms. The number of nitrogens with two attached hydrogens (primary N) is 1. The quantitative estimate of drug-likeness (QED) is 0.456. The fraction of sp³-hybridized carbons (Fsp3) is 0.294. The zero-order valence-electron chi connectivity index (χ0n) is 12.4. The number of halogens is 1.